The number of carbonyl (C=O) groups is 4. The van der Waals surface area contributed by atoms with Gasteiger partial charge in [0.1, 0.15) is 19.3 Å². The number of phosphoric acid groups is 2. The second-order valence-corrected chi connectivity index (χ2v) is 29.9. The normalized spacial score (nSPS) is 14.2. The molecule has 0 rings (SSSR count). The van der Waals surface area contributed by atoms with Crippen LogP contribution < -0.4 is 0 Å². The zero-order valence-corrected chi connectivity index (χ0v) is 64.5. The number of aliphatic hydroxyl groups is 1. The highest BCUT2D eigenvalue weighted by atomic mass is 31.2. The Morgan fingerprint density at radius 2 is 0.500 bits per heavy atom. The van der Waals surface area contributed by atoms with Crippen LogP contribution in [-0.4, -0.2) is 96.7 Å². The fraction of sp³-hybridized carbons (Fsp3) is 0.848. The third-order valence-corrected chi connectivity index (χ3v) is 19.2. The summed E-state index contributed by atoms with van der Waals surface area (Å²) in [4.78, 5) is 72.9. The molecular formula is C79H146O17P2. The van der Waals surface area contributed by atoms with Crippen LogP contribution in [0.15, 0.2) is 48.6 Å². The van der Waals surface area contributed by atoms with E-state index in [1.807, 2.05) is 0 Å². The van der Waals surface area contributed by atoms with Crippen molar-refractivity contribution in [3.63, 3.8) is 0 Å². The SMILES string of the molecule is CCCCC/C=C\C/C=C\CCCCCCCC(=O)O[C@H](COC(=O)CCCCCCCCCCCCCCC)COP(=O)(O)OC[C@H](O)COP(=O)(O)OC[C@@H](COC(=O)CCCCCCC/C=C\CCCCCCCC)OC(=O)CCCCCCCCC/C=C\CCCCCC. The van der Waals surface area contributed by atoms with Gasteiger partial charge in [0, 0.05) is 25.7 Å². The molecule has 0 spiro atoms. The van der Waals surface area contributed by atoms with Gasteiger partial charge in [0.05, 0.1) is 26.4 Å². The second-order valence-electron chi connectivity index (χ2n) is 27.0. The lowest BCUT2D eigenvalue weighted by Gasteiger charge is -2.21. The van der Waals surface area contributed by atoms with Gasteiger partial charge >= 0.3 is 39.5 Å². The quantitative estimate of drug-likeness (QED) is 0.0169. The molecule has 98 heavy (non-hydrogen) atoms. The molecule has 0 amide bonds. The second kappa shape index (κ2) is 72.4. The molecule has 0 aliphatic carbocycles. The first-order chi connectivity index (χ1) is 47.7. The average Bonchev–Trinajstić information content (AvgIpc) is 1.05. The van der Waals surface area contributed by atoms with Crippen LogP contribution >= 0.6 is 15.6 Å². The van der Waals surface area contributed by atoms with Gasteiger partial charge in [-0.1, -0.05) is 288 Å². The lowest BCUT2D eigenvalue weighted by atomic mass is 10.0. The molecular weight excluding hydrogens is 1280 g/mol. The molecule has 0 aromatic rings. The van der Waals surface area contributed by atoms with Crippen LogP contribution in [0.3, 0.4) is 0 Å². The van der Waals surface area contributed by atoms with E-state index in [-0.39, 0.29) is 25.7 Å². The summed E-state index contributed by atoms with van der Waals surface area (Å²) in [6.07, 6.45) is 69.4. The molecule has 0 saturated carbocycles. The predicted molar refractivity (Wildman–Crippen MR) is 400 cm³/mol. The summed E-state index contributed by atoms with van der Waals surface area (Å²) in [5.41, 5.74) is 0. The van der Waals surface area contributed by atoms with Crippen LogP contribution in [0.4, 0.5) is 0 Å². The van der Waals surface area contributed by atoms with Crippen molar-refractivity contribution >= 4 is 39.5 Å². The Hall–Kier alpha value is -2.98. The minimum atomic E-state index is -4.97. The number of hydrogen-bond acceptors (Lipinski definition) is 15. The van der Waals surface area contributed by atoms with Gasteiger partial charge in [0.15, 0.2) is 12.2 Å². The maximum atomic E-state index is 13.1. The molecule has 0 aromatic heterocycles. The van der Waals surface area contributed by atoms with E-state index in [2.05, 4.69) is 76.3 Å². The van der Waals surface area contributed by atoms with Gasteiger partial charge in [-0.25, -0.2) is 9.13 Å². The smallest absolute Gasteiger partial charge is 0.462 e. The first kappa shape index (κ1) is 95.0. The van der Waals surface area contributed by atoms with Crippen molar-refractivity contribution in [1.29, 1.82) is 0 Å². The Morgan fingerprint density at radius 3 is 0.796 bits per heavy atom. The number of hydrogen-bond donors (Lipinski definition) is 3. The summed E-state index contributed by atoms with van der Waals surface area (Å²) < 4.78 is 68.6. The number of carbonyl (C=O) groups excluding carboxylic acids is 4. The number of esters is 4. The topological polar surface area (TPSA) is 237 Å². The number of unbranched alkanes of at least 4 members (excludes halogenated alkanes) is 42. The molecule has 0 aromatic carbocycles. The lowest BCUT2D eigenvalue weighted by molar-refractivity contribution is -0.161. The highest BCUT2D eigenvalue weighted by Gasteiger charge is 2.30. The van der Waals surface area contributed by atoms with E-state index in [4.69, 9.17) is 37.0 Å². The van der Waals surface area contributed by atoms with Crippen LogP contribution in [0, 0.1) is 0 Å². The Balaban J connectivity index is 5.33. The third-order valence-electron chi connectivity index (χ3n) is 17.3. The number of allylic oxidation sites excluding steroid dienone is 8. The van der Waals surface area contributed by atoms with Gasteiger partial charge in [0.2, 0.25) is 0 Å². The maximum absolute atomic E-state index is 13.1. The molecule has 0 heterocycles. The van der Waals surface area contributed by atoms with E-state index < -0.39 is 97.5 Å². The zero-order chi connectivity index (χ0) is 71.8. The summed E-state index contributed by atoms with van der Waals surface area (Å²) >= 11 is 0. The van der Waals surface area contributed by atoms with Crippen molar-refractivity contribution in [2.75, 3.05) is 39.6 Å². The van der Waals surface area contributed by atoms with Crippen molar-refractivity contribution < 1.29 is 80.2 Å². The van der Waals surface area contributed by atoms with Crippen LogP contribution in [-0.2, 0) is 65.4 Å². The Labute approximate surface area is 597 Å². The summed E-state index contributed by atoms with van der Waals surface area (Å²) in [5, 5.41) is 10.6. The molecule has 574 valence electrons. The van der Waals surface area contributed by atoms with Crippen LogP contribution in [0.5, 0.6) is 0 Å². The molecule has 19 heteroatoms. The van der Waals surface area contributed by atoms with E-state index >= 15 is 0 Å². The molecule has 2 unspecified atom stereocenters. The number of aliphatic hydroxyl groups excluding tert-OH is 1. The number of phosphoric ester groups is 2. The highest BCUT2D eigenvalue weighted by Crippen LogP contribution is 2.45. The average molecular weight is 1430 g/mol. The van der Waals surface area contributed by atoms with E-state index in [9.17, 15) is 43.2 Å². The zero-order valence-electron chi connectivity index (χ0n) is 62.7. The van der Waals surface area contributed by atoms with E-state index in [1.54, 1.807) is 0 Å². The lowest BCUT2D eigenvalue weighted by Crippen LogP contribution is -2.30. The largest absolute Gasteiger partial charge is 0.472 e. The molecule has 5 atom stereocenters. The minimum Gasteiger partial charge on any atom is -0.462 e. The number of ether oxygens (including phenoxy) is 4. The number of rotatable bonds is 76. The first-order valence-corrected chi connectivity index (χ1v) is 42.9. The predicted octanol–water partition coefficient (Wildman–Crippen LogP) is 22.9. The summed E-state index contributed by atoms with van der Waals surface area (Å²) in [7, 11) is -9.94. The van der Waals surface area contributed by atoms with Gasteiger partial charge in [-0.15, -0.1) is 0 Å². The standard InChI is InChI=1S/C79H146O17P2/c1-5-9-13-17-21-25-29-33-36-40-44-48-52-56-60-64-77(82)90-70-75(96-79(84)66-62-58-54-50-46-42-38-35-31-27-23-19-15-11-7-3)72-94-98(87,88)92-68-73(80)67-91-97(85,86)93-71-74(69-89-76(81)63-59-55-51-47-43-39-32-28-24-20-16-12-8-4)95-78(83)65-61-57-53-49-45-41-37-34-30-26-22-18-14-10-6-2/h22,26-27,31,33-34,36-37,73-75,80H,5-21,23-25,28-30,32,35,38-72H2,1-4H3,(H,85,86)(H,87,88)/b26-22-,31-27-,36-33-,37-34-/t73-,74+,75+/m0/s1. The van der Waals surface area contributed by atoms with Crippen molar-refractivity contribution in [1.82, 2.24) is 0 Å². The Bertz CT molecular complexity index is 2050. The molecule has 17 nitrogen and oxygen atoms in total. The Morgan fingerprint density at radius 1 is 0.286 bits per heavy atom. The third kappa shape index (κ3) is 71.4. The van der Waals surface area contributed by atoms with Crippen molar-refractivity contribution in [2.24, 2.45) is 0 Å². The summed E-state index contributed by atoms with van der Waals surface area (Å²) in [6.45, 7) is 4.88. The Kier molecular flexibility index (Phi) is 70.2. The monoisotopic (exact) mass is 1430 g/mol. The van der Waals surface area contributed by atoms with Gasteiger partial charge in [0.25, 0.3) is 0 Å². The first-order valence-electron chi connectivity index (χ1n) is 39.9. The van der Waals surface area contributed by atoms with Crippen molar-refractivity contribution in [3.05, 3.63) is 48.6 Å². The van der Waals surface area contributed by atoms with Gasteiger partial charge in [-0.3, -0.25) is 37.3 Å². The van der Waals surface area contributed by atoms with E-state index in [1.165, 1.54) is 141 Å². The van der Waals surface area contributed by atoms with E-state index in [0.29, 0.717) is 25.7 Å². The van der Waals surface area contributed by atoms with Gasteiger partial charge in [-0.2, -0.15) is 0 Å². The van der Waals surface area contributed by atoms with Crippen molar-refractivity contribution in [2.45, 2.75) is 393 Å². The molecule has 0 radical (unpaired) electrons. The highest BCUT2D eigenvalue weighted by molar-refractivity contribution is 7.47. The molecule has 0 fully saturated rings. The molecule has 0 saturated heterocycles. The van der Waals surface area contributed by atoms with Crippen LogP contribution in [0.1, 0.15) is 374 Å². The van der Waals surface area contributed by atoms with Crippen molar-refractivity contribution in [3.8, 4) is 0 Å². The maximum Gasteiger partial charge on any atom is 0.472 e. The van der Waals surface area contributed by atoms with Gasteiger partial charge < -0.3 is 33.8 Å². The summed E-state index contributed by atoms with van der Waals surface area (Å²) in [6, 6.07) is 0. The van der Waals surface area contributed by atoms with E-state index in [0.717, 1.165) is 154 Å². The minimum absolute atomic E-state index is 0.0850. The summed E-state index contributed by atoms with van der Waals surface area (Å²) in [5.74, 6) is -2.17. The molecule has 0 bridgehead atoms. The fourth-order valence-corrected chi connectivity index (χ4v) is 12.7. The van der Waals surface area contributed by atoms with Crippen LogP contribution in [0.2, 0.25) is 0 Å². The molecule has 3 N–H and O–H groups in total. The molecule has 0 aliphatic heterocycles. The van der Waals surface area contributed by atoms with Crippen LogP contribution in [0.25, 0.3) is 0 Å². The fourth-order valence-electron chi connectivity index (χ4n) is 11.1. The molecule has 0 aliphatic rings. The van der Waals surface area contributed by atoms with Gasteiger partial charge in [-0.05, 0) is 109 Å².